The van der Waals surface area contributed by atoms with Gasteiger partial charge in [-0.05, 0) is 60.3 Å². The van der Waals surface area contributed by atoms with Crippen LogP contribution in [0.2, 0.25) is 0 Å². The van der Waals surface area contributed by atoms with Crippen molar-refractivity contribution in [3.8, 4) is 16.9 Å². The highest BCUT2D eigenvalue weighted by molar-refractivity contribution is 5.67. The highest BCUT2D eigenvalue weighted by Gasteiger charge is 2.46. The van der Waals surface area contributed by atoms with Crippen molar-refractivity contribution in [1.29, 1.82) is 0 Å². The Hall–Kier alpha value is -2.33. The molecule has 4 nitrogen and oxygen atoms in total. The van der Waals surface area contributed by atoms with Crippen LogP contribution < -0.4 is 4.74 Å². The molecular weight excluding hydrogens is 334 g/mol. The van der Waals surface area contributed by atoms with Gasteiger partial charge in [0.25, 0.3) is 0 Å². The van der Waals surface area contributed by atoms with E-state index in [1.807, 2.05) is 12.4 Å². The van der Waals surface area contributed by atoms with E-state index in [9.17, 15) is 0 Å². The normalized spacial score (nSPS) is 27.5. The van der Waals surface area contributed by atoms with Gasteiger partial charge in [-0.2, -0.15) is 0 Å². The lowest BCUT2D eigenvalue weighted by atomic mass is 9.80. The van der Waals surface area contributed by atoms with E-state index in [2.05, 4.69) is 50.8 Å². The largest absolute Gasteiger partial charge is 0.487 e. The standard InChI is InChI=1S/C23H25N3O/c1-2-10-25-11-8-23(15-20(25)3-1)14-19-13-17(4-6-21(19)27-23)18-5-7-22-24-9-12-26(22)16-18/h4-7,9,12-13,16,20H,1-3,8,10-11,14-15H2/t20-,23-/m0/s1. The third kappa shape index (κ3) is 2.58. The molecule has 3 aliphatic heterocycles. The number of hydrogen-bond acceptors (Lipinski definition) is 3. The molecule has 3 aliphatic rings. The summed E-state index contributed by atoms with van der Waals surface area (Å²) >= 11 is 0. The van der Waals surface area contributed by atoms with E-state index < -0.39 is 0 Å². The Labute approximate surface area is 159 Å². The van der Waals surface area contributed by atoms with Crippen molar-refractivity contribution >= 4 is 5.65 Å². The van der Waals surface area contributed by atoms with Crippen molar-refractivity contribution in [2.45, 2.75) is 50.2 Å². The predicted octanol–water partition coefficient (Wildman–Crippen LogP) is 4.32. The maximum absolute atomic E-state index is 6.59. The van der Waals surface area contributed by atoms with Crippen LogP contribution >= 0.6 is 0 Å². The number of benzene rings is 1. The van der Waals surface area contributed by atoms with Crippen LogP contribution in [0.4, 0.5) is 0 Å². The second-order valence-electron chi connectivity index (χ2n) is 8.53. The van der Waals surface area contributed by atoms with E-state index in [-0.39, 0.29) is 5.60 Å². The first-order valence-corrected chi connectivity index (χ1v) is 10.3. The molecule has 4 heteroatoms. The van der Waals surface area contributed by atoms with Gasteiger partial charge in [0.05, 0.1) is 0 Å². The Morgan fingerprint density at radius 1 is 1.07 bits per heavy atom. The molecule has 2 saturated heterocycles. The van der Waals surface area contributed by atoms with Gasteiger partial charge in [-0.15, -0.1) is 0 Å². The molecule has 3 aromatic rings. The van der Waals surface area contributed by atoms with E-state index in [1.54, 1.807) is 0 Å². The Kier molecular flexibility index (Phi) is 3.39. The quantitative estimate of drug-likeness (QED) is 0.648. The Bertz CT molecular complexity index is 1010. The average molecular weight is 359 g/mol. The molecule has 1 aromatic carbocycles. The predicted molar refractivity (Wildman–Crippen MR) is 106 cm³/mol. The first-order valence-electron chi connectivity index (χ1n) is 10.3. The molecule has 5 heterocycles. The van der Waals surface area contributed by atoms with E-state index in [1.165, 1.54) is 55.5 Å². The number of hydrogen-bond donors (Lipinski definition) is 0. The third-order valence-corrected chi connectivity index (χ3v) is 6.83. The van der Waals surface area contributed by atoms with Crippen LogP contribution in [0.1, 0.15) is 37.7 Å². The van der Waals surface area contributed by atoms with Crippen molar-refractivity contribution in [2.75, 3.05) is 13.1 Å². The summed E-state index contributed by atoms with van der Waals surface area (Å²) in [7, 11) is 0. The second kappa shape index (κ2) is 5.83. The molecule has 0 radical (unpaired) electrons. The minimum absolute atomic E-state index is 0.0355. The van der Waals surface area contributed by atoms with Gasteiger partial charge in [0.15, 0.2) is 0 Å². The Morgan fingerprint density at radius 2 is 2.04 bits per heavy atom. The van der Waals surface area contributed by atoms with Crippen molar-refractivity contribution in [3.05, 3.63) is 54.5 Å². The molecule has 1 spiro atoms. The Balaban J connectivity index is 1.29. The molecular formula is C23H25N3O. The highest BCUT2D eigenvalue weighted by Crippen LogP contribution is 2.45. The van der Waals surface area contributed by atoms with Gasteiger partial charge in [-0.25, -0.2) is 4.98 Å². The van der Waals surface area contributed by atoms with E-state index in [0.29, 0.717) is 0 Å². The molecule has 0 bridgehead atoms. The van der Waals surface area contributed by atoms with Crippen molar-refractivity contribution in [2.24, 2.45) is 0 Å². The molecule has 27 heavy (non-hydrogen) atoms. The highest BCUT2D eigenvalue weighted by atomic mass is 16.5. The summed E-state index contributed by atoms with van der Waals surface area (Å²) in [5.74, 6) is 1.10. The summed E-state index contributed by atoms with van der Waals surface area (Å²) in [6.45, 7) is 2.48. The molecule has 0 amide bonds. The van der Waals surface area contributed by atoms with Crippen molar-refractivity contribution in [3.63, 3.8) is 0 Å². The number of piperidine rings is 2. The van der Waals surface area contributed by atoms with Crippen LogP contribution in [-0.2, 0) is 6.42 Å². The fraction of sp³-hybridized carbons (Fsp3) is 0.435. The van der Waals surface area contributed by atoms with E-state index >= 15 is 0 Å². The molecule has 2 fully saturated rings. The number of rotatable bonds is 1. The fourth-order valence-electron chi connectivity index (χ4n) is 5.42. The first kappa shape index (κ1) is 15.7. The maximum atomic E-state index is 6.59. The van der Waals surface area contributed by atoms with Crippen molar-refractivity contribution in [1.82, 2.24) is 14.3 Å². The van der Waals surface area contributed by atoms with E-state index in [0.717, 1.165) is 30.3 Å². The third-order valence-electron chi connectivity index (χ3n) is 6.83. The molecule has 0 N–H and O–H groups in total. The molecule has 138 valence electrons. The lowest BCUT2D eigenvalue weighted by Gasteiger charge is -2.46. The Morgan fingerprint density at radius 3 is 3.04 bits per heavy atom. The van der Waals surface area contributed by atoms with Gasteiger partial charge in [0.1, 0.15) is 17.0 Å². The van der Waals surface area contributed by atoms with Gasteiger partial charge < -0.3 is 14.0 Å². The maximum Gasteiger partial charge on any atom is 0.136 e. The lowest BCUT2D eigenvalue weighted by Crippen LogP contribution is -2.54. The number of nitrogens with zero attached hydrogens (tertiary/aromatic N) is 3. The second-order valence-corrected chi connectivity index (χ2v) is 8.53. The van der Waals surface area contributed by atoms with Gasteiger partial charge in [0, 0.05) is 50.4 Å². The summed E-state index contributed by atoms with van der Waals surface area (Å²) in [6, 6.07) is 11.7. The number of imidazole rings is 1. The minimum atomic E-state index is 0.0355. The van der Waals surface area contributed by atoms with Crippen molar-refractivity contribution < 1.29 is 4.74 Å². The van der Waals surface area contributed by atoms with Crippen LogP contribution in [0, 0.1) is 0 Å². The zero-order valence-corrected chi connectivity index (χ0v) is 15.6. The average Bonchev–Trinajstić information content (AvgIpc) is 3.30. The summed E-state index contributed by atoms with van der Waals surface area (Å²) in [6.07, 6.45) is 13.5. The number of pyridine rings is 1. The summed E-state index contributed by atoms with van der Waals surface area (Å²) < 4.78 is 8.67. The van der Waals surface area contributed by atoms with Gasteiger partial charge in [-0.1, -0.05) is 12.5 Å². The molecule has 6 rings (SSSR count). The smallest absolute Gasteiger partial charge is 0.136 e. The zero-order chi connectivity index (χ0) is 17.8. The molecule has 0 saturated carbocycles. The van der Waals surface area contributed by atoms with Crippen LogP contribution in [0.15, 0.2) is 48.9 Å². The monoisotopic (exact) mass is 359 g/mol. The fourth-order valence-corrected chi connectivity index (χ4v) is 5.42. The van der Waals surface area contributed by atoms with Gasteiger partial charge in [-0.3, -0.25) is 0 Å². The SMILES string of the molecule is c1cn2cc(-c3ccc4c(c3)C[C@]3(CCN5CCCC[C@H]5C3)O4)ccc2n1. The summed E-state index contributed by atoms with van der Waals surface area (Å²) in [4.78, 5) is 7.04. The number of fused-ring (bicyclic) bond motifs is 3. The molecule has 0 aliphatic carbocycles. The minimum Gasteiger partial charge on any atom is -0.487 e. The van der Waals surface area contributed by atoms with Gasteiger partial charge >= 0.3 is 0 Å². The van der Waals surface area contributed by atoms with Crippen LogP contribution in [0.5, 0.6) is 5.75 Å². The summed E-state index contributed by atoms with van der Waals surface area (Å²) in [5, 5.41) is 0. The summed E-state index contributed by atoms with van der Waals surface area (Å²) in [5.41, 5.74) is 4.89. The number of ether oxygens (including phenoxy) is 1. The topological polar surface area (TPSA) is 29.8 Å². The molecule has 2 aromatic heterocycles. The number of aromatic nitrogens is 2. The van der Waals surface area contributed by atoms with Crippen LogP contribution in [0.25, 0.3) is 16.8 Å². The molecule has 2 atom stereocenters. The van der Waals surface area contributed by atoms with Crippen LogP contribution in [-0.4, -0.2) is 39.0 Å². The molecule has 0 unspecified atom stereocenters. The van der Waals surface area contributed by atoms with E-state index in [4.69, 9.17) is 4.74 Å². The first-order chi connectivity index (χ1) is 13.3. The van der Waals surface area contributed by atoms with Crippen LogP contribution in [0.3, 0.4) is 0 Å². The zero-order valence-electron chi connectivity index (χ0n) is 15.6. The lowest BCUT2D eigenvalue weighted by molar-refractivity contribution is -0.0249. The van der Waals surface area contributed by atoms with Gasteiger partial charge in [0.2, 0.25) is 0 Å².